The summed E-state index contributed by atoms with van der Waals surface area (Å²) in [4.78, 5) is 20.4. The van der Waals surface area contributed by atoms with Gasteiger partial charge in [-0.15, -0.1) is 0 Å². The molecule has 0 aliphatic carbocycles. The lowest BCUT2D eigenvalue weighted by Crippen LogP contribution is -2.26. The van der Waals surface area contributed by atoms with E-state index in [0.29, 0.717) is 0 Å². The fourth-order valence-corrected chi connectivity index (χ4v) is 0.704. The first-order valence-corrected chi connectivity index (χ1v) is 3.78. The molecule has 1 atom stereocenters. The van der Waals surface area contributed by atoms with Gasteiger partial charge in [0.05, 0.1) is 6.04 Å². The highest BCUT2D eigenvalue weighted by atomic mass is 127. The van der Waals surface area contributed by atoms with Gasteiger partial charge in [0, 0.05) is 29.0 Å². The molecule has 0 aromatic heterocycles. The van der Waals surface area contributed by atoms with Gasteiger partial charge in [0.15, 0.2) is 0 Å². The fourth-order valence-electron chi connectivity index (χ4n) is 0.392. The van der Waals surface area contributed by atoms with Gasteiger partial charge >= 0.3 is 5.97 Å². The van der Waals surface area contributed by atoms with E-state index >= 15 is 0 Å². The molecule has 0 saturated heterocycles. The minimum atomic E-state index is -0.923. The van der Waals surface area contributed by atoms with Crippen LogP contribution in [0, 0.1) is 0 Å². The van der Waals surface area contributed by atoms with Crippen molar-refractivity contribution in [2.45, 2.75) is 18.9 Å². The second-order valence-electron chi connectivity index (χ2n) is 1.84. The van der Waals surface area contributed by atoms with Crippen molar-refractivity contribution in [2.75, 3.05) is 0 Å². The molecule has 0 aromatic rings. The quantitative estimate of drug-likeness (QED) is 0.554. The van der Waals surface area contributed by atoms with Gasteiger partial charge in [0.1, 0.15) is 0 Å². The highest BCUT2D eigenvalue weighted by molar-refractivity contribution is 14.1. The van der Waals surface area contributed by atoms with Crippen LogP contribution < -0.4 is 5.73 Å². The van der Waals surface area contributed by atoms with E-state index in [0.717, 1.165) is 0 Å². The van der Waals surface area contributed by atoms with E-state index in [2.05, 4.69) is 0 Å². The Morgan fingerprint density at radius 3 is 2.40 bits per heavy atom. The molecule has 3 N–H and O–H groups in total. The van der Waals surface area contributed by atoms with E-state index in [9.17, 15) is 9.59 Å². The Balaban J connectivity index is 3.49. The lowest BCUT2D eigenvalue weighted by atomic mass is 10.2. The summed E-state index contributed by atoms with van der Waals surface area (Å²) in [5, 5.41) is 8.17. The van der Waals surface area contributed by atoms with Crippen LogP contribution in [-0.4, -0.2) is 20.9 Å². The van der Waals surface area contributed by atoms with Crippen LogP contribution in [0.3, 0.4) is 0 Å². The highest BCUT2D eigenvalue weighted by Crippen LogP contribution is 1.99. The Bertz CT molecular complexity index is 148. The molecule has 0 amide bonds. The number of halogens is 1. The van der Waals surface area contributed by atoms with Crippen LogP contribution in [-0.2, 0) is 9.59 Å². The summed E-state index contributed by atoms with van der Waals surface area (Å²) in [6.07, 6.45) is 0.174. The molecule has 10 heavy (non-hydrogen) atoms. The van der Waals surface area contributed by atoms with Gasteiger partial charge in [-0.3, -0.25) is 9.59 Å². The maximum Gasteiger partial charge on any atom is 0.303 e. The molecule has 0 saturated carbocycles. The van der Waals surface area contributed by atoms with E-state index < -0.39 is 12.0 Å². The lowest BCUT2D eigenvalue weighted by molar-refractivity contribution is -0.137. The van der Waals surface area contributed by atoms with Crippen molar-refractivity contribution >= 4 is 32.4 Å². The minimum Gasteiger partial charge on any atom is -0.481 e. The van der Waals surface area contributed by atoms with Crippen LogP contribution >= 0.6 is 22.6 Å². The minimum absolute atomic E-state index is 0.0457. The summed E-state index contributed by atoms with van der Waals surface area (Å²) in [5.41, 5.74) is 5.24. The lowest BCUT2D eigenvalue weighted by Gasteiger charge is -2.01. The van der Waals surface area contributed by atoms with Crippen molar-refractivity contribution in [2.24, 2.45) is 5.73 Å². The van der Waals surface area contributed by atoms with Crippen molar-refractivity contribution in [1.29, 1.82) is 0 Å². The number of carboxylic acid groups (broad SMARTS) is 1. The maximum atomic E-state index is 10.4. The van der Waals surface area contributed by atoms with Gasteiger partial charge in [0.25, 0.3) is 0 Å². The van der Waals surface area contributed by atoms with E-state index in [4.69, 9.17) is 10.8 Å². The number of nitrogens with two attached hydrogens (primary N) is 1. The number of hydrogen-bond acceptors (Lipinski definition) is 3. The van der Waals surface area contributed by atoms with E-state index in [1.807, 2.05) is 0 Å². The molecule has 0 aliphatic rings. The zero-order valence-electron chi connectivity index (χ0n) is 5.21. The molecule has 5 heteroatoms. The van der Waals surface area contributed by atoms with Gasteiger partial charge in [-0.25, -0.2) is 0 Å². The maximum absolute atomic E-state index is 10.4. The third kappa shape index (κ3) is 4.68. The van der Waals surface area contributed by atoms with Gasteiger partial charge in [0.2, 0.25) is 3.79 Å². The SMILES string of the molecule is N[C@H](CCC(=O)O)C(=O)I. The van der Waals surface area contributed by atoms with Gasteiger partial charge in [-0.05, 0) is 6.42 Å². The number of carbonyl (C=O) groups excluding carboxylic acids is 1. The Kier molecular flexibility index (Phi) is 4.54. The molecular formula is C5H8INO3. The second-order valence-corrected chi connectivity index (χ2v) is 2.91. The first kappa shape index (κ1) is 9.83. The molecule has 0 aliphatic heterocycles. The zero-order chi connectivity index (χ0) is 8.15. The molecular weight excluding hydrogens is 249 g/mol. The molecule has 0 spiro atoms. The number of rotatable bonds is 4. The molecule has 0 heterocycles. The molecule has 0 fully saturated rings. The molecule has 0 rings (SSSR count). The molecule has 0 aromatic carbocycles. The summed E-state index contributed by atoms with van der Waals surface area (Å²) in [5.74, 6) is -0.923. The average molecular weight is 257 g/mol. The van der Waals surface area contributed by atoms with Gasteiger partial charge < -0.3 is 10.8 Å². The van der Waals surface area contributed by atoms with Crippen LogP contribution in [0.15, 0.2) is 0 Å². The molecule has 0 bridgehead atoms. The third-order valence-electron chi connectivity index (χ3n) is 0.961. The predicted molar refractivity (Wildman–Crippen MR) is 43.9 cm³/mol. The number of carbonyl (C=O) groups is 2. The standard InChI is InChI=1S/C5H8INO3/c6-5(10)3(7)1-2-4(8)9/h3H,1-2,7H2,(H,8,9)/t3-/m1/s1. The van der Waals surface area contributed by atoms with Crippen molar-refractivity contribution in [3.8, 4) is 0 Å². The monoisotopic (exact) mass is 257 g/mol. The number of carboxylic acids is 1. The van der Waals surface area contributed by atoms with E-state index in [-0.39, 0.29) is 16.6 Å². The fraction of sp³-hybridized carbons (Fsp3) is 0.600. The Hall–Kier alpha value is -0.170. The van der Waals surface area contributed by atoms with Gasteiger partial charge in [-0.1, -0.05) is 0 Å². The number of hydrogen-bond donors (Lipinski definition) is 2. The van der Waals surface area contributed by atoms with E-state index in [1.165, 1.54) is 0 Å². The average Bonchev–Trinajstić information content (AvgIpc) is 1.82. The van der Waals surface area contributed by atoms with Crippen LogP contribution in [0.1, 0.15) is 12.8 Å². The van der Waals surface area contributed by atoms with E-state index in [1.54, 1.807) is 22.6 Å². The van der Waals surface area contributed by atoms with Crippen molar-refractivity contribution in [3.63, 3.8) is 0 Å². The molecule has 0 unspecified atom stereocenters. The topological polar surface area (TPSA) is 80.4 Å². The molecule has 4 nitrogen and oxygen atoms in total. The summed E-state index contributed by atoms with van der Waals surface area (Å²) < 4.78 is -0.196. The first-order chi connectivity index (χ1) is 4.54. The van der Waals surface area contributed by atoms with Crippen LogP contribution in [0.2, 0.25) is 0 Å². The number of aliphatic carboxylic acids is 1. The zero-order valence-corrected chi connectivity index (χ0v) is 7.37. The normalized spacial score (nSPS) is 12.6. The summed E-state index contributed by atoms with van der Waals surface area (Å²) >= 11 is 1.56. The van der Waals surface area contributed by atoms with Crippen LogP contribution in [0.5, 0.6) is 0 Å². The smallest absolute Gasteiger partial charge is 0.303 e. The van der Waals surface area contributed by atoms with Crippen LogP contribution in [0.25, 0.3) is 0 Å². The first-order valence-electron chi connectivity index (χ1n) is 2.70. The van der Waals surface area contributed by atoms with Crippen LogP contribution in [0.4, 0.5) is 0 Å². The largest absolute Gasteiger partial charge is 0.481 e. The predicted octanol–water partition coefficient (Wildman–Crippen LogP) is 0.140. The Morgan fingerprint density at radius 2 is 2.10 bits per heavy atom. The second kappa shape index (κ2) is 4.62. The Labute approximate surface area is 71.9 Å². The van der Waals surface area contributed by atoms with Crippen molar-refractivity contribution < 1.29 is 14.7 Å². The Morgan fingerprint density at radius 1 is 1.60 bits per heavy atom. The van der Waals surface area contributed by atoms with Crippen molar-refractivity contribution in [1.82, 2.24) is 0 Å². The van der Waals surface area contributed by atoms with Crippen molar-refractivity contribution in [3.05, 3.63) is 0 Å². The highest BCUT2D eigenvalue weighted by Gasteiger charge is 2.10. The molecule has 0 radical (unpaired) electrons. The summed E-state index contributed by atoms with van der Waals surface area (Å²) in [7, 11) is 0. The van der Waals surface area contributed by atoms with Gasteiger partial charge in [-0.2, -0.15) is 0 Å². The molecule has 58 valence electrons. The summed E-state index contributed by atoms with van der Waals surface area (Å²) in [6, 6.07) is -0.628. The third-order valence-corrected chi connectivity index (χ3v) is 1.76. The summed E-state index contributed by atoms with van der Waals surface area (Å²) in [6.45, 7) is 0.